The van der Waals surface area contributed by atoms with E-state index in [1.165, 1.54) is 35.9 Å². The summed E-state index contributed by atoms with van der Waals surface area (Å²) in [6.07, 6.45) is 12.8. The van der Waals surface area contributed by atoms with E-state index in [1.54, 1.807) is 13.3 Å². The van der Waals surface area contributed by atoms with Crippen LogP contribution in [0, 0.1) is 0 Å². The number of hydrogen-bond acceptors (Lipinski definition) is 6. The third kappa shape index (κ3) is 5.29. The summed E-state index contributed by atoms with van der Waals surface area (Å²) in [6.45, 7) is 4.61. The number of rotatable bonds is 7. The van der Waals surface area contributed by atoms with Gasteiger partial charge in [0.15, 0.2) is 0 Å². The molecule has 8 nitrogen and oxygen atoms in total. The minimum absolute atomic E-state index is 0.175. The molecule has 1 saturated carbocycles. The molecule has 45 heavy (non-hydrogen) atoms. The average molecular weight is 607 g/mol. The number of fused-ring (bicyclic) bond motifs is 5. The zero-order valence-electron chi connectivity index (χ0n) is 26.6. The number of allylic oxidation sites excluding steroid dienone is 1. The van der Waals surface area contributed by atoms with Crippen LogP contribution in [0.25, 0.3) is 33.8 Å². The molecule has 0 radical (unpaired) electrons. The summed E-state index contributed by atoms with van der Waals surface area (Å²) in [6, 6.07) is 12.6. The van der Waals surface area contributed by atoms with Crippen LogP contribution in [0.3, 0.4) is 0 Å². The van der Waals surface area contributed by atoms with Crippen molar-refractivity contribution in [2.75, 3.05) is 33.9 Å². The van der Waals surface area contributed by atoms with Crippen LogP contribution in [-0.4, -0.2) is 65.4 Å². The van der Waals surface area contributed by atoms with Gasteiger partial charge < -0.3 is 18.9 Å². The minimum Gasteiger partial charge on any atom is -0.497 e. The number of nitrogens with zero attached hydrogens (tertiary/aromatic N) is 4. The van der Waals surface area contributed by atoms with Gasteiger partial charge in [0.25, 0.3) is 0 Å². The van der Waals surface area contributed by atoms with Gasteiger partial charge in [-0.15, -0.1) is 0 Å². The zero-order chi connectivity index (χ0) is 31.1. The van der Waals surface area contributed by atoms with E-state index in [4.69, 9.17) is 14.6 Å². The molecular weight excluding hydrogens is 564 g/mol. The van der Waals surface area contributed by atoms with Crippen LogP contribution < -0.4 is 4.74 Å². The number of benzene rings is 2. The van der Waals surface area contributed by atoms with Gasteiger partial charge in [0.1, 0.15) is 17.6 Å². The van der Waals surface area contributed by atoms with E-state index in [2.05, 4.69) is 45.5 Å². The zero-order valence-corrected chi connectivity index (χ0v) is 26.6. The van der Waals surface area contributed by atoms with Gasteiger partial charge in [-0.2, -0.15) is 5.10 Å². The molecule has 7 rings (SSSR count). The molecule has 0 unspecified atom stereocenters. The molecule has 2 aliphatic heterocycles. The van der Waals surface area contributed by atoms with Gasteiger partial charge in [-0.3, -0.25) is 9.48 Å². The fourth-order valence-corrected chi connectivity index (χ4v) is 7.83. The Morgan fingerprint density at radius 2 is 1.82 bits per heavy atom. The Balaban J connectivity index is 1.50. The summed E-state index contributed by atoms with van der Waals surface area (Å²) in [4.78, 5) is 27.8. The van der Waals surface area contributed by atoms with E-state index in [-0.39, 0.29) is 12.0 Å². The molecule has 1 aliphatic carbocycles. The summed E-state index contributed by atoms with van der Waals surface area (Å²) in [5.41, 5.74) is 8.77. The smallest absolute Gasteiger partial charge is 0.341 e. The number of hydrogen-bond donors (Lipinski definition) is 0. The first-order valence-corrected chi connectivity index (χ1v) is 16.4. The monoisotopic (exact) mass is 606 g/mol. The first kappa shape index (κ1) is 29.5. The molecule has 2 aromatic carbocycles. The first-order chi connectivity index (χ1) is 22.0. The van der Waals surface area contributed by atoms with Crippen molar-refractivity contribution >= 4 is 34.8 Å². The molecule has 1 saturated heterocycles. The van der Waals surface area contributed by atoms with Gasteiger partial charge >= 0.3 is 5.97 Å². The van der Waals surface area contributed by atoms with Crippen LogP contribution in [0.15, 0.2) is 42.6 Å². The van der Waals surface area contributed by atoms with Crippen molar-refractivity contribution in [1.82, 2.24) is 19.2 Å². The molecule has 2 aromatic heterocycles. The molecule has 0 bridgehead atoms. The fraction of sp³-hybridized carbons (Fsp3) is 0.432. The standard InChI is InChI=1S/C37H42N4O4/c1-4-45-37(43)32-21-38-41(28-14-16-39(2)17-15-28)35(32)27-19-26-20-29(44-3)11-13-30(26)36-34(25-8-6-5-7-9-25)31-12-10-24(23-42)18-33(31)40(36)22-27/h10-13,18-21,23,25,28H,4-9,14-17,22H2,1-3H3. The molecule has 3 aliphatic rings. The molecule has 0 atom stereocenters. The molecule has 0 N–H and O–H groups in total. The Hall–Kier alpha value is -4.17. The lowest BCUT2D eigenvalue weighted by atomic mass is 9.81. The van der Waals surface area contributed by atoms with E-state index in [9.17, 15) is 9.59 Å². The second-order valence-electron chi connectivity index (χ2n) is 12.8. The van der Waals surface area contributed by atoms with Gasteiger partial charge in [0.2, 0.25) is 0 Å². The fourth-order valence-electron chi connectivity index (χ4n) is 7.83. The minimum atomic E-state index is -0.355. The Kier molecular flexibility index (Phi) is 8.08. The number of aldehydes is 1. The van der Waals surface area contributed by atoms with Crippen molar-refractivity contribution in [3.05, 3.63) is 70.5 Å². The molecule has 0 amide bonds. The maximum Gasteiger partial charge on any atom is 0.341 e. The molecule has 4 heterocycles. The quantitative estimate of drug-likeness (QED) is 0.161. The van der Waals surface area contributed by atoms with Crippen molar-refractivity contribution in [3.63, 3.8) is 0 Å². The normalized spacial score (nSPS) is 17.8. The average Bonchev–Trinajstić information content (AvgIpc) is 3.60. The van der Waals surface area contributed by atoms with Gasteiger partial charge in [-0.25, -0.2) is 4.79 Å². The summed E-state index contributed by atoms with van der Waals surface area (Å²) in [7, 11) is 3.85. The van der Waals surface area contributed by atoms with E-state index in [1.807, 2.05) is 25.1 Å². The van der Waals surface area contributed by atoms with Crippen LogP contribution in [0.5, 0.6) is 5.75 Å². The molecular formula is C37H42N4O4. The topological polar surface area (TPSA) is 78.6 Å². The molecule has 0 spiro atoms. The second kappa shape index (κ2) is 12.3. The number of esters is 1. The lowest BCUT2D eigenvalue weighted by Crippen LogP contribution is -2.32. The maximum absolute atomic E-state index is 13.5. The summed E-state index contributed by atoms with van der Waals surface area (Å²) >= 11 is 0. The SMILES string of the molecule is CCOC(=O)c1cnn(C2CCN(C)CC2)c1C1=Cc2cc(OC)ccc2-c2c(C3CCCCC3)c3ccc(C=O)cc3n2C1. The van der Waals surface area contributed by atoms with Gasteiger partial charge in [0.05, 0.1) is 43.9 Å². The molecule has 234 valence electrons. The van der Waals surface area contributed by atoms with Crippen LogP contribution >= 0.6 is 0 Å². The number of piperidine rings is 1. The highest BCUT2D eigenvalue weighted by Crippen LogP contribution is 2.48. The lowest BCUT2D eigenvalue weighted by Gasteiger charge is -2.30. The van der Waals surface area contributed by atoms with E-state index >= 15 is 0 Å². The number of aromatic nitrogens is 3. The Morgan fingerprint density at radius 3 is 2.56 bits per heavy atom. The highest BCUT2D eigenvalue weighted by molar-refractivity contribution is 6.02. The number of methoxy groups -OCH3 is 1. The van der Waals surface area contributed by atoms with E-state index in [0.29, 0.717) is 30.2 Å². The van der Waals surface area contributed by atoms with E-state index in [0.717, 1.165) is 78.7 Å². The molecule has 4 aromatic rings. The van der Waals surface area contributed by atoms with Crippen LogP contribution in [0.4, 0.5) is 0 Å². The third-order valence-electron chi connectivity index (χ3n) is 10.1. The van der Waals surface area contributed by atoms with Crippen molar-refractivity contribution in [2.24, 2.45) is 0 Å². The highest BCUT2D eigenvalue weighted by Gasteiger charge is 2.33. The van der Waals surface area contributed by atoms with Crippen molar-refractivity contribution in [2.45, 2.75) is 70.4 Å². The number of ether oxygens (including phenoxy) is 2. The summed E-state index contributed by atoms with van der Waals surface area (Å²) in [5.74, 6) is 0.869. The number of likely N-dealkylation sites (tertiary alicyclic amines) is 1. The largest absolute Gasteiger partial charge is 0.497 e. The van der Waals surface area contributed by atoms with Crippen LogP contribution in [-0.2, 0) is 11.3 Å². The van der Waals surface area contributed by atoms with E-state index < -0.39 is 0 Å². The number of carbonyl (C=O) groups is 2. The lowest BCUT2D eigenvalue weighted by molar-refractivity contribution is 0.0525. The van der Waals surface area contributed by atoms with Gasteiger partial charge in [0, 0.05) is 22.0 Å². The summed E-state index contributed by atoms with van der Waals surface area (Å²) < 4.78 is 15.8. The van der Waals surface area contributed by atoms with Crippen molar-refractivity contribution in [1.29, 1.82) is 0 Å². The summed E-state index contributed by atoms with van der Waals surface area (Å²) in [5, 5.41) is 6.07. The maximum atomic E-state index is 13.5. The molecule has 2 fully saturated rings. The van der Waals surface area contributed by atoms with Crippen LogP contribution in [0.2, 0.25) is 0 Å². The Labute approximate surface area is 264 Å². The predicted octanol–water partition coefficient (Wildman–Crippen LogP) is 7.37. The molecule has 8 heteroatoms. The van der Waals surface area contributed by atoms with Crippen molar-refractivity contribution < 1.29 is 19.1 Å². The highest BCUT2D eigenvalue weighted by atomic mass is 16.5. The third-order valence-corrected chi connectivity index (χ3v) is 10.1. The van der Waals surface area contributed by atoms with Crippen molar-refractivity contribution in [3.8, 4) is 17.0 Å². The Morgan fingerprint density at radius 1 is 1.02 bits per heavy atom. The Bertz CT molecular complexity index is 1780. The van der Waals surface area contributed by atoms with Gasteiger partial charge in [-0.05, 0) is 106 Å². The first-order valence-electron chi connectivity index (χ1n) is 16.4. The van der Waals surface area contributed by atoms with Crippen LogP contribution in [0.1, 0.15) is 101 Å². The van der Waals surface area contributed by atoms with Gasteiger partial charge in [-0.1, -0.05) is 31.4 Å². The second-order valence-corrected chi connectivity index (χ2v) is 12.8. The number of carbonyl (C=O) groups excluding carboxylic acids is 2. The predicted molar refractivity (Wildman–Crippen MR) is 177 cm³/mol.